The average molecular weight is 290 g/mol. The third kappa shape index (κ3) is 2.64. The molecule has 0 aliphatic rings. The van der Waals surface area contributed by atoms with Crippen molar-refractivity contribution in [1.82, 2.24) is 9.78 Å². The summed E-state index contributed by atoms with van der Waals surface area (Å²) in [5, 5.41) is 14.6. The Balaban J connectivity index is 3.02. The van der Waals surface area contributed by atoms with Crippen LogP contribution in [0.5, 0.6) is 0 Å². The third-order valence-corrected chi connectivity index (χ3v) is 3.56. The summed E-state index contributed by atoms with van der Waals surface area (Å²) in [6.07, 6.45) is 1.15. The molecule has 0 aromatic carbocycles. The van der Waals surface area contributed by atoms with Crippen molar-refractivity contribution in [2.45, 2.75) is 33.4 Å². The van der Waals surface area contributed by atoms with Crippen LogP contribution < -0.4 is 5.73 Å². The molecule has 0 amide bonds. The molecule has 2 atom stereocenters. The van der Waals surface area contributed by atoms with Gasteiger partial charge in [0, 0.05) is 12.5 Å². The Labute approximate surface area is 105 Å². The van der Waals surface area contributed by atoms with Gasteiger partial charge in [0.15, 0.2) is 0 Å². The molecule has 0 bridgehead atoms. The molecule has 0 radical (unpaired) electrons. The van der Waals surface area contributed by atoms with Crippen molar-refractivity contribution < 1.29 is 5.11 Å². The number of nitrogens with two attached hydrogens (primary N) is 1. The van der Waals surface area contributed by atoms with Gasteiger partial charge >= 0.3 is 0 Å². The van der Waals surface area contributed by atoms with Gasteiger partial charge in [-0.05, 0) is 35.3 Å². The zero-order valence-electron chi connectivity index (χ0n) is 10.0. The van der Waals surface area contributed by atoms with Crippen LogP contribution in [0.2, 0.25) is 0 Å². The topological polar surface area (TPSA) is 64.1 Å². The van der Waals surface area contributed by atoms with Gasteiger partial charge < -0.3 is 10.8 Å². The average Bonchev–Trinajstić information content (AvgIpc) is 2.59. The van der Waals surface area contributed by atoms with Gasteiger partial charge in [-0.1, -0.05) is 13.8 Å². The van der Waals surface area contributed by atoms with Crippen LogP contribution in [0.3, 0.4) is 0 Å². The second-order valence-corrected chi connectivity index (χ2v) is 5.14. The zero-order valence-corrected chi connectivity index (χ0v) is 11.6. The van der Waals surface area contributed by atoms with Crippen molar-refractivity contribution in [3.05, 3.63) is 16.4 Å². The lowest BCUT2D eigenvalue weighted by molar-refractivity contribution is 0.0773. The van der Waals surface area contributed by atoms with Crippen LogP contribution >= 0.6 is 15.9 Å². The number of hydrogen-bond donors (Lipinski definition) is 2. The Kier molecular flexibility index (Phi) is 4.95. The maximum atomic E-state index is 10.4. The number of aliphatic hydroxyl groups is 1. The fourth-order valence-corrected chi connectivity index (χ4v) is 2.42. The second kappa shape index (κ2) is 5.80. The number of rotatable bonds is 5. The molecule has 1 aromatic heterocycles. The highest BCUT2D eigenvalue weighted by Crippen LogP contribution is 2.31. The normalized spacial score (nSPS) is 15.4. The van der Waals surface area contributed by atoms with Crippen LogP contribution in [0, 0.1) is 11.8 Å². The molecule has 92 valence electrons. The quantitative estimate of drug-likeness (QED) is 0.871. The van der Waals surface area contributed by atoms with E-state index in [0.717, 1.165) is 16.7 Å². The Morgan fingerprint density at radius 1 is 1.56 bits per heavy atom. The van der Waals surface area contributed by atoms with Gasteiger partial charge in [0.2, 0.25) is 0 Å². The molecule has 0 saturated heterocycles. The summed E-state index contributed by atoms with van der Waals surface area (Å²) in [7, 11) is 0. The minimum atomic E-state index is -0.568. The number of halogens is 1. The van der Waals surface area contributed by atoms with E-state index >= 15 is 0 Å². The molecular formula is C11H20BrN3O. The Hall–Kier alpha value is -0.390. The molecule has 0 spiro atoms. The molecule has 5 heteroatoms. The zero-order chi connectivity index (χ0) is 12.3. The summed E-state index contributed by atoms with van der Waals surface area (Å²) in [5.74, 6) is 0.394. The highest BCUT2D eigenvalue weighted by atomic mass is 79.9. The van der Waals surface area contributed by atoms with Crippen molar-refractivity contribution in [1.29, 1.82) is 0 Å². The maximum absolute atomic E-state index is 10.4. The van der Waals surface area contributed by atoms with E-state index in [-0.39, 0.29) is 5.92 Å². The Bertz CT molecular complexity index is 338. The summed E-state index contributed by atoms with van der Waals surface area (Å²) in [5.41, 5.74) is 6.54. The lowest BCUT2D eigenvalue weighted by Gasteiger charge is -2.25. The molecular weight excluding hydrogens is 270 g/mol. The SMILES string of the molecule is CCn1ncc(Br)c1C(O)C(CN)C(C)C. The molecule has 0 fully saturated rings. The van der Waals surface area contributed by atoms with Gasteiger partial charge in [-0.2, -0.15) is 5.10 Å². The first kappa shape index (κ1) is 13.7. The van der Waals surface area contributed by atoms with Crippen LogP contribution in [0.25, 0.3) is 0 Å². The molecule has 3 N–H and O–H groups in total. The van der Waals surface area contributed by atoms with Crippen molar-refractivity contribution >= 4 is 15.9 Å². The van der Waals surface area contributed by atoms with E-state index in [9.17, 15) is 5.11 Å². The molecule has 2 unspecified atom stereocenters. The lowest BCUT2D eigenvalue weighted by atomic mass is 9.88. The van der Waals surface area contributed by atoms with Crippen LogP contribution in [0.4, 0.5) is 0 Å². The highest BCUT2D eigenvalue weighted by molar-refractivity contribution is 9.10. The first-order valence-electron chi connectivity index (χ1n) is 5.62. The van der Waals surface area contributed by atoms with Gasteiger partial charge in [0.1, 0.15) is 6.10 Å². The fourth-order valence-electron chi connectivity index (χ4n) is 1.89. The molecule has 4 nitrogen and oxygen atoms in total. The van der Waals surface area contributed by atoms with Crippen LogP contribution in [-0.4, -0.2) is 21.4 Å². The van der Waals surface area contributed by atoms with E-state index in [1.54, 1.807) is 10.9 Å². The number of nitrogens with zero attached hydrogens (tertiary/aromatic N) is 2. The van der Waals surface area contributed by atoms with Crippen LogP contribution in [-0.2, 0) is 6.54 Å². The van der Waals surface area contributed by atoms with E-state index in [2.05, 4.69) is 34.9 Å². The van der Waals surface area contributed by atoms with E-state index in [1.165, 1.54) is 0 Å². The Morgan fingerprint density at radius 2 is 2.19 bits per heavy atom. The standard InChI is InChI=1S/C11H20BrN3O/c1-4-15-10(9(12)6-14-15)11(16)8(5-13)7(2)3/h6-8,11,16H,4-5,13H2,1-3H3. The summed E-state index contributed by atoms with van der Waals surface area (Å²) in [4.78, 5) is 0. The van der Waals surface area contributed by atoms with E-state index in [4.69, 9.17) is 5.73 Å². The van der Waals surface area contributed by atoms with Gasteiger partial charge in [-0.25, -0.2) is 0 Å². The predicted octanol–water partition coefficient (Wildman–Crippen LogP) is 1.93. The monoisotopic (exact) mass is 289 g/mol. The first-order valence-corrected chi connectivity index (χ1v) is 6.41. The second-order valence-electron chi connectivity index (χ2n) is 4.28. The van der Waals surface area contributed by atoms with Gasteiger partial charge in [-0.15, -0.1) is 0 Å². The predicted molar refractivity (Wildman–Crippen MR) is 67.9 cm³/mol. The van der Waals surface area contributed by atoms with Gasteiger partial charge in [0.25, 0.3) is 0 Å². The molecule has 16 heavy (non-hydrogen) atoms. The Morgan fingerprint density at radius 3 is 2.62 bits per heavy atom. The van der Waals surface area contributed by atoms with E-state index in [0.29, 0.717) is 12.5 Å². The minimum absolute atomic E-state index is 0.0540. The van der Waals surface area contributed by atoms with Crippen LogP contribution in [0.1, 0.15) is 32.6 Å². The molecule has 0 saturated carbocycles. The van der Waals surface area contributed by atoms with Crippen molar-refractivity contribution in [2.75, 3.05) is 6.54 Å². The van der Waals surface area contributed by atoms with Crippen molar-refractivity contribution in [2.24, 2.45) is 17.6 Å². The largest absolute Gasteiger partial charge is 0.386 e. The molecule has 1 aromatic rings. The van der Waals surface area contributed by atoms with E-state index in [1.807, 2.05) is 6.92 Å². The van der Waals surface area contributed by atoms with Crippen molar-refractivity contribution in [3.63, 3.8) is 0 Å². The summed E-state index contributed by atoms with van der Waals surface area (Å²) < 4.78 is 2.65. The first-order chi connectivity index (χ1) is 7.52. The lowest BCUT2D eigenvalue weighted by Crippen LogP contribution is -2.28. The summed E-state index contributed by atoms with van der Waals surface area (Å²) >= 11 is 3.42. The molecule has 0 aliphatic carbocycles. The number of aryl methyl sites for hydroxylation is 1. The van der Waals surface area contributed by atoms with Gasteiger partial charge in [0.05, 0.1) is 16.4 Å². The summed E-state index contributed by atoms with van der Waals surface area (Å²) in [6.45, 7) is 7.36. The molecule has 1 heterocycles. The van der Waals surface area contributed by atoms with Gasteiger partial charge in [-0.3, -0.25) is 4.68 Å². The fraction of sp³-hybridized carbons (Fsp3) is 0.727. The maximum Gasteiger partial charge on any atom is 0.101 e. The smallest absolute Gasteiger partial charge is 0.101 e. The van der Waals surface area contributed by atoms with Crippen LogP contribution in [0.15, 0.2) is 10.7 Å². The van der Waals surface area contributed by atoms with E-state index < -0.39 is 6.10 Å². The third-order valence-electron chi connectivity index (χ3n) is 2.95. The molecule has 0 aliphatic heterocycles. The number of hydrogen-bond acceptors (Lipinski definition) is 3. The molecule has 1 rings (SSSR count). The minimum Gasteiger partial charge on any atom is -0.386 e. The number of aromatic nitrogens is 2. The number of aliphatic hydroxyl groups excluding tert-OH is 1. The summed E-state index contributed by atoms with van der Waals surface area (Å²) in [6, 6.07) is 0. The van der Waals surface area contributed by atoms with Crippen molar-refractivity contribution in [3.8, 4) is 0 Å². The highest BCUT2D eigenvalue weighted by Gasteiger charge is 2.27.